The first-order valence-corrected chi connectivity index (χ1v) is 7.93. The van der Waals surface area contributed by atoms with Crippen LogP contribution in [0.4, 0.5) is 0 Å². The molecule has 20 heavy (non-hydrogen) atoms. The molecule has 0 saturated heterocycles. The molecular formula is C18H24O2. The molecule has 1 unspecified atom stereocenters. The average molecular weight is 272 g/mol. The van der Waals surface area contributed by atoms with Crippen LogP contribution in [0.15, 0.2) is 39.5 Å². The quantitative estimate of drug-likeness (QED) is 0.511. The maximum atomic E-state index is 5.04. The fourth-order valence-electron chi connectivity index (χ4n) is 3.64. The molecule has 0 N–H and O–H groups in total. The van der Waals surface area contributed by atoms with Gasteiger partial charge in [0.1, 0.15) is 0 Å². The van der Waals surface area contributed by atoms with Gasteiger partial charge in [0, 0.05) is 0 Å². The lowest BCUT2D eigenvalue weighted by Crippen LogP contribution is -2.24. The highest BCUT2D eigenvalue weighted by Crippen LogP contribution is 2.43. The van der Waals surface area contributed by atoms with E-state index in [1.54, 1.807) is 0 Å². The molecule has 2 aromatic rings. The van der Waals surface area contributed by atoms with Crippen LogP contribution in [0.3, 0.4) is 0 Å². The Morgan fingerprint density at radius 3 is 2.70 bits per heavy atom. The number of hydrogen-bond acceptors (Lipinski definition) is 2. The van der Waals surface area contributed by atoms with Crippen molar-refractivity contribution < 1.29 is 9.15 Å². The largest absolute Gasteiger partial charge is 0.286 e. The van der Waals surface area contributed by atoms with Gasteiger partial charge in [-0.2, -0.15) is 0 Å². The van der Waals surface area contributed by atoms with E-state index in [0.29, 0.717) is 5.92 Å². The number of fused-ring (bicyclic) bond motifs is 1. The second kappa shape index (κ2) is 5.90. The van der Waals surface area contributed by atoms with E-state index >= 15 is 0 Å². The zero-order valence-corrected chi connectivity index (χ0v) is 12.5. The summed E-state index contributed by atoms with van der Waals surface area (Å²) in [5.41, 5.74) is 3.20. The maximum absolute atomic E-state index is 5.04. The second-order valence-corrected chi connectivity index (χ2v) is 6.14. The standard InChI is InChI=1S/C18H24O2/c1-3-4-5-7-14-8-6-9-16(13(14)2)15-10-11-17-18(12-15)20-19-17/h4-5,10-14,16H,3,6-9H2,1-2H3/b5-4-/t13-,14?,16-/m0/s1. The fraction of sp³-hybridized carbons (Fsp3) is 0.556. The van der Waals surface area contributed by atoms with Gasteiger partial charge in [-0.3, -0.25) is 9.15 Å². The molecule has 3 atom stereocenters. The van der Waals surface area contributed by atoms with Crippen LogP contribution in [0.25, 0.3) is 11.2 Å². The molecule has 1 fully saturated rings. The van der Waals surface area contributed by atoms with E-state index in [9.17, 15) is 0 Å². The Morgan fingerprint density at radius 1 is 1.15 bits per heavy atom. The van der Waals surface area contributed by atoms with E-state index in [2.05, 4.69) is 38.1 Å². The van der Waals surface area contributed by atoms with Gasteiger partial charge in [0.15, 0.2) is 0 Å². The van der Waals surface area contributed by atoms with Crippen LogP contribution in [-0.4, -0.2) is 0 Å². The first-order valence-electron chi connectivity index (χ1n) is 7.93. The van der Waals surface area contributed by atoms with E-state index < -0.39 is 0 Å². The van der Waals surface area contributed by atoms with Gasteiger partial charge in [-0.05, 0) is 61.1 Å². The molecule has 3 rings (SSSR count). The third-order valence-electron chi connectivity index (χ3n) is 4.93. The van der Waals surface area contributed by atoms with Crippen LogP contribution in [0, 0.1) is 11.8 Å². The summed E-state index contributed by atoms with van der Waals surface area (Å²) < 4.78 is 9.96. The van der Waals surface area contributed by atoms with E-state index in [-0.39, 0.29) is 0 Å². The summed E-state index contributed by atoms with van der Waals surface area (Å²) in [4.78, 5) is 0. The van der Waals surface area contributed by atoms with Crippen molar-refractivity contribution in [2.24, 2.45) is 11.8 Å². The molecule has 1 aromatic carbocycles. The Balaban J connectivity index is 1.74. The first kappa shape index (κ1) is 13.5. The molecule has 0 aliphatic heterocycles. The molecule has 1 aliphatic carbocycles. The molecule has 1 saturated carbocycles. The van der Waals surface area contributed by atoms with Crippen molar-refractivity contribution in [2.75, 3.05) is 0 Å². The molecule has 1 aromatic heterocycles. The van der Waals surface area contributed by atoms with E-state index in [1.807, 2.05) is 6.07 Å². The minimum absolute atomic E-state index is 0.665. The predicted molar refractivity (Wildman–Crippen MR) is 81.8 cm³/mol. The Morgan fingerprint density at radius 2 is 2.00 bits per heavy atom. The van der Waals surface area contributed by atoms with Crippen LogP contribution in [0.1, 0.15) is 57.4 Å². The summed E-state index contributed by atoms with van der Waals surface area (Å²) in [5, 5.41) is 0. The molecule has 0 radical (unpaired) electrons. The summed E-state index contributed by atoms with van der Waals surface area (Å²) in [6.45, 7) is 4.62. The monoisotopic (exact) mass is 272 g/mol. The summed E-state index contributed by atoms with van der Waals surface area (Å²) in [6, 6.07) is 6.43. The summed E-state index contributed by atoms with van der Waals surface area (Å²) in [7, 11) is 0. The molecule has 0 bridgehead atoms. The zero-order chi connectivity index (χ0) is 13.9. The third-order valence-corrected chi connectivity index (χ3v) is 4.93. The molecule has 108 valence electrons. The van der Waals surface area contributed by atoms with Crippen molar-refractivity contribution in [3.05, 3.63) is 35.9 Å². The maximum Gasteiger partial charge on any atom is 0.225 e. The van der Waals surface area contributed by atoms with Crippen LogP contribution in [-0.2, 0) is 0 Å². The van der Waals surface area contributed by atoms with E-state index in [4.69, 9.17) is 9.15 Å². The van der Waals surface area contributed by atoms with Gasteiger partial charge >= 0.3 is 0 Å². The number of benzene rings is 1. The van der Waals surface area contributed by atoms with Gasteiger partial charge < -0.3 is 0 Å². The van der Waals surface area contributed by atoms with E-state index in [1.165, 1.54) is 31.2 Å². The highest BCUT2D eigenvalue weighted by molar-refractivity contribution is 5.71. The summed E-state index contributed by atoms with van der Waals surface area (Å²) >= 11 is 0. The van der Waals surface area contributed by atoms with Crippen molar-refractivity contribution in [2.45, 2.75) is 51.9 Å². The smallest absolute Gasteiger partial charge is 0.225 e. The predicted octanol–water partition coefficient (Wildman–Crippen LogP) is 5.90. The lowest BCUT2D eigenvalue weighted by atomic mass is 9.69. The first-order chi connectivity index (χ1) is 9.79. The van der Waals surface area contributed by atoms with Crippen molar-refractivity contribution in [1.29, 1.82) is 0 Å². The van der Waals surface area contributed by atoms with Crippen LogP contribution >= 0.6 is 0 Å². The number of rotatable bonds is 4. The number of hydrogen-bond donors (Lipinski definition) is 0. The van der Waals surface area contributed by atoms with Crippen LogP contribution in [0.5, 0.6) is 0 Å². The molecule has 2 nitrogen and oxygen atoms in total. The van der Waals surface area contributed by atoms with Gasteiger partial charge in [0.05, 0.1) is 0 Å². The third kappa shape index (κ3) is 2.56. The van der Waals surface area contributed by atoms with Crippen LogP contribution in [0.2, 0.25) is 0 Å². The van der Waals surface area contributed by atoms with Crippen molar-refractivity contribution in [3.63, 3.8) is 0 Å². The zero-order valence-electron chi connectivity index (χ0n) is 12.5. The van der Waals surface area contributed by atoms with Gasteiger partial charge in [-0.1, -0.05) is 38.5 Å². The van der Waals surface area contributed by atoms with E-state index in [0.717, 1.165) is 29.4 Å². The Bertz CT molecular complexity index is 575. The molecule has 0 amide bonds. The van der Waals surface area contributed by atoms with Crippen molar-refractivity contribution >= 4 is 11.2 Å². The van der Waals surface area contributed by atoms with Gasteiger partial charge in [0.2, 0.25) is 11.2 Å². The van der Waals surface area contributed by atoms with Gasteiger partial charge in [0.25, 0.3) is 0 Å². The van der Waals surface area contributed by atoms with Crippen LogP contribution < -0.4 is 0 Å². The topological polar surface area (TPSA) is 26.3 Å². The fourth-order valence-corrected chi connectivity index (χ4v) is 3.64. The molecular weight excluding hydrogens is 248 g/mol. The minimum Gasteiger partial charge on any atom is -0.286 e. The van der Waals surface area contributed by atoms with Gasteiger partial charge in [-0.25, -0.2) is 0 Å². The van der Waals surface area contributed by atoms with Crippen molar-refractivity contribution in [1.82, 2.24) is 0 Å². The lowest BCUT2D eigenvalue weighted by molar-refractivity contribution is 0.0587. The summed E-state index contributed by atoms with van der Waals surface area (Å²) in [5.74, 6) is 2.22. The lowest BCUT2D eigenvalue weighted by Gasteiger charge is -2.36. The second-order valence-electron chi connectivity index (χ2n) is 6.14. The van der Waals surface area contributed by atoms with Crippen molar-refractivity contribution in [3.8, 4) is 0 Å². The molecule has 0 spiro atoms. The number of allylic oxidation sites excluding steroid dienone is 2. The average Bonchev–Trinajstić information content (AvgIpc) is 2.43. The summed E-state index contributed by atoms with van der Waals surface area (Å²) in [6.07, 6.45) is 11.1. The van der Waals surface area contributed by atoms with Gasteiger partial charge in [-0.15, -0.1) is 0 Å². The Kier molecular flexibility index (Phi) is 4.00. The Labute approximate surface area is 120 Å². The Hall–Kier alpha value is -1.44. The molecule has 2 heteroatoms. The minimum atomic E-state index is 0.665. The SMILES string of the molecule is CC/C=C\CC1CCC[C@H](c2ccc3ooc3c2)[C@H]1C. The molecule has 1 aliphatic rings. The highest BCUT2D eigenvalue weighted by Gasteiger charge is 2.30. The normalized spacial score (nSPS) is 27.6. The highest BCUT2D eigenvalue weighted by atomic mass is 17.0. The molecule has 1 heterocycles.